The number of ether oxygens (including phenoxy) is 1. The summed E-state index contributed by atoms with van der Waals surface area (Å²) in [4.78, 5) is 25.0. The monoisotopic (exact) mass is 736 g/mol. The van der Waals surface area contributed by atoms with Crippen LogP contribution in [0.2, 0.25) is 0 Å². The van der Waals surface area contributed by atoms with Crippen molar-refractivity contribution in [2.75, 3.05) is 53.4 Å². The molecule has 0 spiro atoms. The van der Waals surface area contributed by atoms with Gasteiger partial charge in [-0.25, -0.2) is 0 Å². The third-order valence-corrected chi connectivity index (χ3v) is 12.5. The highest BCUT2D eigenvalue weighted by molar-refractivity contribution is 5.83. The summed E-state index contributed by atoms with van der Waals surface area (Å²) >= 11 is 0. The van der Waals surface area contributed by atoms with E-state index in [1.807, 2.05) is 12.1 Å². The Labute approximate surface area is 319 Å². The van der Waals surface area contributed by atoms with Crippen LogP contribution in [0, 0.1) is 34.5 Å². The molecule has 9 atom stereocenters. The lowest BCUT2D eigenvalue weighted by atomic mass is 9.45. The number of para-hydroxylation sites is 1. The van der Waals surface area contributed by atoms with Gasteiger partial charge in [0.1, 0.15) is 17.9 Å². The zero-order chi connectivity index (χ0) is 39.0. The van der Waals surface area contributed by atoms with Gasteiger partial charge in [-0.1, -0.05) is 59.7 Å². The second-order valence-electron chi connectivity index (χ2n) is 18.6. The van der Waals surface area contributed by atoms with Crippen molar-refractivity contribution < 1.29 is 24.6 Å². The van der Waals surface area contributed by atoms with Crippen LogP contribution < -0.4 is 20.3 Å². The van der Waals surface area contributed by atoms with Gasteiger partial charge in [0.25, 0.3) is 0 Å². The van der Waals surface area contributed by atoms with E-state index in [0.29, 0.717) is 35.0 Å². The van der Waals surface area contributed by atoms with Crippen molar-refractivity contribution in [2.24, 2.45) is 34.5 Å². The van der Waals surface area contributed by atoms with Crippen molar-refractivity contribution in [3.8, 4) is 16.9 Å². The van der Waals surface area contributed by atoms with Crippen molar-refractivity contribution >= 4 is 11.6 Å². The molecule has 2 bridgehead atoms. The fourth-order valence-corrected chi connectivity index (χ4v) is 9.66. The van der Waals surface area contributed by atoms with E-state index in [0.717, 1.165) is 48.3 Å². The van der Waals surface area contributed by atoms with Gasteiger partial charge in [-0.2, -0.15) is 5.06 Å². The van der Waals surface area contributed by atoms with E-state index in [2.05, 4.69) is 114 Å². The summed E-state index contributed by atoms with van der Waals surface area (Å²) in [5.41, 5.74) is 5.61. The van der Waals surface area contributed by atoms with Crippen LogP contribution in [0.3, 0.4) is 0 Å². The third kappa shape index (κ3) is 9.22. The molecule has 1 aliphatic heterocycles. The maximum Gasteiger partial charge on any atom is 0.240 e. The van der Waals surface area contributed by atoms with Gasteiger partial charge in [-0.15, -0.1) is 0 Å². The van der Waals surface area contributed by atoms with E-state index in [1.165, 1.54) is 12.0 Å². The van der Waals surface area contributed by atoms with Crippen LogP contribution in [0.15, 0.2) is 36.4 Å². The molecular weight excluding hydrogens is 667 g/mol. The topological polar surface area (TPSA) is 110 Å². The molecule has 3 saturated carbocycles. The minimum Gasteiger partial charge on any atom is -0.496 e. The minimum absolute atomic E-state index is 0.0705. The zero-order valence-electron chi connectivity index (χ0n) is 34.6. The molecule has 0 aromatic heterocycles. The summed E-state index contributed by atoms with van der Waals surface area (Å²) in [6, 6.07) is 12.4. The van der Waals surface area contributed by atoms with E-state index in [-0.39, 0.29) is 30.5 Å². The average molecular weight is 736 g/mol. The first-order chi connectivity index (χ1) is 24.8. The second-order valence-corrected chi connectivity index (χ2v) is 18.6. The smallest absolute Gasteiger partial charge is 0.240 e. The molecule has 4 fully saturated rings. The number of hydrogen-bond acceptors (Lipinski definition) is 9. The second kappa shape index (κ2) is 16.6. The van der Waals surface area contributed by atoms with Gasteiger partial charge in [0, 0.05) is 62.0 Å². The minimum atomic E-state index is -0.862. The highest BCUT2D eigenvalue weighted by Gasteiger charge is 2.57. The third-order valence-electron chi connectivity index (χ3n) is 12.5. The average Bonchev–Trinajstić information content (AvgIpc) is 3.45. The fraction of sp³-hybridized carbons (Fsp3) is 0.698. The number of anilines is 1. The largest absolute Gasteiger partial charge is 0.496 e. The molecule has 2 aromatic carbocycles. The normalized spacial score (nSPS) is 28.0. The first-order valence-electron chi connectivity index (χ1n) is 19.7. The Morgan fingerprint density at radius 1 is 1.13 bits per heavy atom. The first-order valence-corrected chi connectivity index (χ1v) is 19.7. The number of aliphatic hydroxyl groups excluding tert-OH is 2. The number of carbonyl (C=O) groups is 1. The highest BCUT2D eigenvalue weighted by atomic mass is 16.7. The molecular formula is C43H69N5O5. The number of methoxy groups -OCH3 is 1. The molecule has 1 heterocycles. The highest BCUT2D eigenvalue weighted by Crippen LogP contribution is 2.61. The quantitative estimate of drug-likeness (QED) is 0.188. The SMILES string of the molecule is COc1c(CN2O[C@@H](CO)[C@H]([C@H](C)O)[C@H]2C(=O)NC2C[C@@H]3C[C@H]([C@@H]2C)C3(C)C)cccc1-c1cc(CN[C@H](CN(C)C)CC(C)(C)C)cc(N(C)C)c1. The van der Waals surface area contributed by atoms with Gasteiger partial charge >= 0.3 is 0 Å². The van der Waals surface area contributed by atoms with Crippen molar-refractivity contribution in [1.82, 2.24) is 20.6 Å². The Balaban J connectivity index is 1.43. The van der Waals surface area contributed by atoms with Gasteiger partial charge in [-0.05, 0) is 98.2 Å². The van der Waals surface area contributed by atoms with Crippen LogP contribution >= 0.6 is 0 Å². The predicted octanol–water partition coefficient (Wildman–Crippen LogP) is 5.54. The van der Waals surface area contributed by atoms with E-state index in [4.69, 9.17) is 9.57 Å². The van der Waals surface area contributed by atoms with Crippen molar-refractivity contribution in [3.63, 3.8) is 0 Å². The lowest BCUT2D eigenvalue weighted by Crippen LogP contribution is -2.62. The maximum absolute atomic E-state index is 14.3. The molecule has 4 aliphatic rings. The van der Waals surface area contributed by atoms with Crippen molar-refractivity contribution in [1.29, 1.82) is 0 Å². The summed E-state index contributed by atoms with van der Waals surface area (Å²) in [7, 11) is 10.0. The van der Waals surface area contributed by atoms with Crippen LogP contribution in [0.1, 0.15) is 78.9 Å². The van der Waals surface area contributed by atoms with E-state index < -0.39 is 24.2 Å². The molecule has 10 heteroatoms. The van der Waals surface area contributed by atoms with Crippen molar-refractivity contribution in [3.05, 3.63) is 47.5 Å². The zero-order valence-corrected chi connectivity index (χ0v) is 34.6. The summed E-state index contributed by atoms with van der Waals surface area (Å²) in [5.74, 6) is 1.48. The number of nitrogens with one attached hydrogen (secondary N) is 2. The molecule has 1 amide bonds. The Kier molecular flexibility index (Phi) is 12.9. The molecule has 296 valence electrons. The van der Waals surface area contributed by atoms with Gasteiger partial charge < -0.3 is 35.4 Å². The number of likely N-dealkylation sites (N-methyl/N-ethyl adjacent to an activating group) is 1. The number of hydroxylamine groups is 2. The number of fused-ring (bicyclic) bond motifs is 2. The standard InChI is InChI=1S/C43H69N5O5/c1-26-35-19-31(43(35,6)7)20-36(26)45-41(51)39-38(27(2)50)37(25-49)53-48(39)23-29-14-13-15-34(40(29)52-12)30-16-28(17-33(18-30)47(10)11)22-44-32(24-46(8)9)21-42(3,4)5/h13-18,26-27,31-32,35-39,44,49-50H,19-25H2,1-12H3,(H,45,51)/t26-,27-,31-,32-,35+,36?,37-,38-,39-/m0/s1. The molecule has 3 aliphatic carbocycles. The predicted molar refractivity (Wildman–Crippen MR) is 214 cm³/mol. The molecule has 6 rings (SSSR count). The molecule has 53 heavy (non-hydrogen) atoms. The number of rotatable bonds is 15. The van der Waals surface area contributed by atoms with Gasteiger partial charge in [0.05, 0.1) is 26.4 Å². The number of aliphatic hydroxyl groups is 2. The molecule has 10 nitrogen and oxygen atoms in total. The van der Waals surface area contributed by atoms with Crippen molar-refractivity contribution in [2.45, 2.75) is 111 Å². The molecule has 0 radical (unpaired) electrons. The van der Waals surface area contributed by atoms with Crippen LogP contribution in [-0.2, 0) is 22.7 Å². The Morgan fingerprint density at radius 2 is 1.85 bits per heavy atom. The molecule has 2 aromatic rings. The van der Waals surface area contributed by atoms with E-state index in [9.17, 15) is 15.0 Å². The number of hydrogen-bond donors (Lipinski definition) is 4. The number of amides is 1. The van der Waals surface area contributed by atoms with Crippen LogP contribution in [0.4, 0.5) is 5.69 Å². The molecule has 1 saturated heterocycles. The maximum atomic E-state index is 14.3. The van der Waals surface area contributed by atoms with E-state index >= 15 is 0 Å². The number of benzene rings is 2. The summed E-state index contributed by atoms with van der Waals surface area (Å²) < 4.78 is 6.16. The first kappa shape index (κ1) is 41.4. The Bertz CT molecular complexity index is 1550. The van der Waals surface area contributed by atoms with Gasteiger partial charge in [0.2, 0.25) is 5.91 Å². The lowest BCUT2D eigenvalue weighted by Gasteiger charge is -2.62. The summed E-state index contributed by atoms with van der Waals surface area (Å²) in [6.07, 6.45) is 1.67. The van der Waals surface area contributed by atoms with E-state index in [1.54, 1.807) is 19.1 Å². The summed E-state index contributed by atoms with van der Waals surface area (Å²) in [5, 5.41) is 30.2. The Hall–Kier alpha value is -2.73. The van der Waals surface area contributed by atoms with Crippen LogP contribution in [0.5, 0.6) is 5.75 Å². The Morgan fingerprint density at radius 3 is 2.42 bits per heavy atom. The molecule has 4 N–H and O–H groups in total. The fourth-order valence-electron chi connectivity index (χ4n) is 9.66. The molecule has 1 unspecified atom stereocenters. The number of carbonyl (C=O) groups excluding carboxylic acids is 1. The lowest BCUT2D eigenvalue weighted by molar-refractivity contribution is -0.183. The van der Waals surface area contributed by atoms with Crippen LogP contribution in [-0.4, -0.2) is 105 Å². The van der Waals surface area contributed by atoms with Gasteiger partial charge in [-0.3, -0.25) is 9.63 Å². The summed E-state index contributed by atoms with van der Waals surface area (Å²) in [6.45, 7) is 17.1. The van der Waals surface area contributed by atoms with Gasteiger partial charge in [0.15, 0.2) is 0 Å². The number of nitrogens with zero attached hydrogens (tertiary/aromatic N) is 3. The van der Waals surface area contributed by atoms with Crippen LogP contribution in [0.25, 0.3) is 11.1 Å².